The predicted octanol–water partition coefficient (Wildman–Crippen LogP) is 2.30. The lowest BCUT2D eigenvalue weighted by Crippen LogP contribution is -2.43. The number of rotatable bonds is 2. The number of amides is 1. The maximum Gasteiger partial charge on any atom is 0.232 e. The Kier molecular flexibility index (Phi) is 3.52. The molecule has 3 atom stereocenters. The van der Waals surface area contributed by atoms with Gasteiger partial charge in [-0.15, -0.1) is 0 Å². The van der Waals surface area contributed by atoms with E-state index in [2.05, 4.69) is 0 Å². The minimum absolute atomic E-state index is 0.121. The van der Waals surface area contributed by atoms with E-state index < -0.39 is 5.41 Å². The topological polar surface area (TPSA) is 46.3 Å². The van der Waals surface area contributed by atoms with Crippen LogP contribution < -0.4 is 5.73 Å². The summed E-state index contributed by atoms with van der Waals surface area (Å²) in [5.41, 5.74) is 6.37. The first-order valence-electron chi connectivity index (χ1n) is 7.70. The van der Waals surface area contributed by atoms with Crippen LogP contribution in [0.1, 0.15) is 32.3 Å². The van der Waals surface area contributed by atoms with Gasteiger partial charge in [-0.05, 0) is 56.2 Å². The van der Waals surface area contributed by atoms with Gasteiger partial charge in [0, 0.05) is 19.1 Å². The van der Waals surface area contributed by atoms with Crippen molar-refractivity contribution in [2.45, 2.75) is 38.1 Å². The third-order valence-electron chi connectivity index (χ3n) is 5.30. The summed E-state index contributed by atoms with van der Waals surface area (Å²) in [6.07, 6.45) is 2.21. The summed E-state index contributed by atoms with van der Waals surface area (Å²) >= 11 is 0. The molecule has 1 amide bonds. The van der Waals surface area contributed by atoms with E-state index in [1.807, 2.05) is 18.7 Å². The van der Waals surface area contributed by atoms with Crippen LogP contribution in [-0.4, -0.2) is 29.9 Å². The number of hydrogen-bond acceptors (Lipinski definition) is 2. The Hall–Kier alpha value is -1.42. The van der Waals surface area contributed by atoms with E-state index in [1.165, 1.54) is 12.1 Å². The maximum absolute atomic E-state index is 13.1. The number of carbonyl (C=O) groups excluding carboxylic acids is 1. The van der Waals surface area contributed by atoms with E-state index in [1.54, 1.807) is 12.1 Å². The van der Waals surface area contributed by atoms with E-state index in [-0.39, 0.29) is 17.8 Å². The predicted molar refractivity (Wildman–Crippen MR) is 80.2 cm³/mol. The molecule has 1 saturated carbocycles. The molecule has 4 heteroatoms. The van der Waals surface area contributed by atoms with Gasteiger partial charge in [0.25, 0.3) is 0 Å². The first-order chi connectivity index (χ1) is 9.89. The van der Waals surface area contributed by atoms with Gasteiger partial charge in [0.15, 0.2) is 0 Å². The summed E-state index contributed by atoms with van der Waals surface area (Å²) < 4.78 is 13.1. The van der Waals surface area contributed by atoms with Crippen molar-refractivity contribution in [3.63, 3.8) is 0 Å². The molecular weight excluding hydrogens is 267 g/mol. The molecule has 2 aliphatic rings. The van der Waals surface area contributed by atoms with E-state index >= 15 is 0 Å². The van der Waals surface area contributed by atoms with Gasteiger partial charge in [0.05, 0.1) is 5.41 Å². The van der Waals surface area contributed by atoms with Gasteiger partial charge < -0.3 is 10.6 Å². The number of carbonyl (C=O) groups is 1. The van der Waals surface area contributed by atoms with E-state index in [0.29, 0.717) is 11.8 Å². The van der Waals surface area contributed by atoms with Crippen LogP contribution >= 0.6 is 0 Å². The van der Waals surface area contributed by atoms with Gasteiger partial charge in [0.2, 0.25) is 5.91 Å². The lowest BCUT2D eigenvalue weighted by Gasteiger charge is -2.30. The van der Waals surface area contributed by atoms with E-state index in [9.17, 15) is 9.18 Å². The fraction of sp³-hybridized carbons (Fsp3) is 0.588. The number of hydrogen-bond donors (Lipinski definition) is 1. The second-order valence-electron chi connectivity index (χ2n) is 7.01. The Morgan fingerprint density at radius 3 is 2.52 bits per heavy atom. The molecule has 1 aromatic carbocycles. The molecule has 1 aliphatic carbocycles. The van der Waals surface area contributed by atoms with Crippen LogP contribution in [0.4, 0.5) is 4.39 Å². The van der Waals surface area contributed by atoms with Crippen LogP contribution in [0.25, 0.3) is 0 Å². The average molecular weight is 290 g/mol. The Bertz CT molecular complexity index is 540. The van der Waals surface area contributed by atoms with Crippen LogP contribution in [0.3, 0.4) is 0 Å². The fourth-order valence-corrected chi connectivity index (χ4v) is 3.86. The molecule has 3 nitrogen and oxygen atoms in total. The van der Waals surface area contributed by atoms with Crippen molar-refractivity contribution in [2.75, 3.05) is 13.1 Å². The van der Waals surface area contributed by atoms with E-state index in [0.717, 1.165) is 31.5 Å². The van der Waals surface area contributed by atoms with Gasteiger partial charge >= 0.3 is 0 Å². The highest BCUT2D eigenvalue weighted by Crippen LogP contribution is 2.39. The largest absolute Gasteiger partial charge is 0.341 e. The van der Waals surface area contributed by atoms with Crippen molar-refractivity contribution in [3.8, 4) is 0 Å². The molecule has 3 unspecified atom stereocenters. The smallest absolute Gasteiger partial charge is 0.232 e. The molecule has 2 fully saturated rings. The average Bonchev–Trinajstić information content (AvgIpc) is 3.01. The van der Waals surface area contributed by atoms with Gasteiger partial charge in [-0.25, -0.2) is 4.39 Å². The second-order valence-corrected chi connectivity index (χ2v) is 7.01. The molecule has 0 radical (unpaired) electrons. The Labute approximate surface area is 125 Å². The zero-order valence-electron chi connectivity index (χ0n) is 12.7. The van der Waals surface area contributed by atoms with Crippen LogP contribution in [-0.2, 0) is 10.2 Å². The number of halogens is 1. The highest BCUT2D eigenvalue weighted by Gasteiger charge is 2.45. The number of benzene rings is 1. The molecule has 1 heterocycles. The van der Waals surface area contributed by atoms with Crippen molar-refractivity contribution < 1.29 is 9.18 Å². The monoisotopic (exact) mass is 290 g/mol. The Balaban J connectivity index is 1.77. The minimum Gasteiger partial charge on any atom is -0.341 e. The van der Waals surface area contributed by atoms with E-state index in [4.69, 9.17) is 5.73 Å². The zero-order chi connectivity index (χ0) is 15.2. The van der Waals surface area contributed by atoms with Crippen LogP contribution in [0, 0.1) is 17.7 Å². The Morgan fingerprint density at radius 1 is 1.24 bits per heavy atom. The van der Waals surface area contributed by atoms with Crippen molar-refractivity contribution >= 4 is 5.91 Å². The van der Waals surface area contributed by atoms with Gasteiger partial charge in [-0.3, -0.25) is 4.79 Å². The molecule has 2 N–H and O–H groups in total. The van der Waals surface area contributed by atoms with Crippen molar-refractivity contribution in [2.24, 2.45) is 17.6 Å². The number of likely N-dealkylation sites (tertiary alicyclic amines) is 1. The quantitative estimate of drug-likeness (QED) is 0.908. The first kappa shape index (κ1) is 14.5. The highest BCUT2D eigenvalue weighted by atomic mass is 19.1. The number of fused-ring (bicyclic) bond motifs is 1. The van der Waals surface area contributed by atoms with Crippen LogP contribution in [0.2, 0.25) is 0 Å². The molecule has 0 bridgehead atoms. The normalized spacial score (nSPS) is 28.8. The zero-order valence-corrected chi connectivity index (χ0v) is 12.7. The highest BCUT2D eigenvalue weighted by molar-refractivity contribution is 5.87. The summed E-state index contributed by atoms with van der Waals surface area (Å²) in [7, 11) is 0. The first-order valence-corrected chi connectivity index (χ1v) is 7.70. The molecule has 0 spiro atoms. The molecule has 1 aromatic rings. The van der Waals surface area contributed by atoms with Gasteiger partial charge in [-0.1, -0.05) is 12.1 Å². The number of nitrogens with two attached hydrogens (primary N) is 1. The van der Waals surface area contributed by atoms with Gasteiger partial charge in [0.1, 0.15) is 5.82 Å². The third-order valence-corrected chi connectivity index (χ3v) is 5.30. The lowest BCUT2D eigenvalue weighted by atomic mass is 9.83. The Morgan fingerprint density at radius 2 is 1.90 bits per heavy atom. The molecule has 3 rings (SSSR count). The maximum atomic E-state index is 13.1. The van der Waals surface area contributed by atoms with Crippen molar-refractivity contribution in [1.29, 1.82) is 0 Å². The van der Waals surface area contributed by atoms with Crippen LogP contribution in [0.15, 0.2) is 24.3 Å². The lowest BCUT2D eigenvalue weighted by molar-refractivity contribution is -0.135. The molecular formula is C17H23FN2O. The molecule has 1 saturated heterocycles. The van der Waals surface area contributed by atoms with Crippen molar-refractivity contribution in [1.82, 2.24) is 4.90 Å². The summed E-state index contributed by atoms with van der Waals surface area (Å²) in [4.78, 5) is 14.8. The van der Waals surface area contributed by atoms with Gasteiger partial charge in [-0.2, -0.15) is 0 Å². The molecule has 21 heavy (non-hydrogen) atoms. The molecule has 114 valence electrons. The standard InChI is InChI=1S/C17H23FN2O/c1-17(2,12-4-6-13(18)7-5-12)16(21)20-9-11-3-8-15(19)14(11)10-20/h4-7,11,14-15H,3,8-10,19H2,1-2H3. The summed E-state index contributed by atoms with van der Waals surface area (Å²) in [5, 5.41) is 0. The fourth-order valence-electron chi connectivity index (χ4n) is 3.86. The molecule has 1 aliphatic heterocycles. The SMILES string of the molecule is CC(C)(C(=O)N1CC2CCC(N)C2C1)c1ccc(F)cc1. The third kappa shape index (κ3) is 2.46. The van der Waals surface area contributed by atoms with Crippen LogP contribution in [0.5, 0.6) is 0 Å². The van der Waals surface area contributed by atoms with Crippen molar-refractivity contribution in [3.05, 3.63) is 35.6 Å². The number of nitrogens with zero attached hydrogens (tertiary/aromatic N) is 1. The summed E-state index contributed by atoms with van der Waals surface area (Å²) in [6.45, 7) is 5.42. The second kappa shape index (κ2) is 5.09. The summed E-state index contributed by atoms with van der Waals surface area (Å²) in [5.74, 6) is 0.866. The summed E-state index contributed by atoms with van der Waals surface area (Å²) in [6, 6.07) is 6.48. The minimum atomic E-state index is -0.629. The molecule has 0 aromatic heterocycles.